The number of aromatic hydroxyl groups is 1. The predicted octanol–water partition coefficient (Wildman–Crippen LogP) is 1.11. The molecule has 1 aromatic carbocycles. The predicted molar refractivity (Wildman–Crippen MR) is 76.2 cm³/mol. The minimum absolute atomic E-state index is 0.00451. The summed E-state index contributed by atoms with van der Waals surface area (Å²) in [6, 6.07) is 3.71. The van der Waals surface area contributed by atoms with E-state index in [-0.39, 0.29) is 10.5 Å². The first kappa shape index (κ1) is 14.5. The summed E-state index contributed by atoms with van der Waals surface area (Å²) in [7, 11) is 0. The number of hydrogen-bond donors (Lipinski definition) is 2. The molecule has 1 heterocycles. The number of aromatic amines is 1. The van der Waals surface area contributed by atoms with Gasteiger partial charge in [-0.05, 0) is 31.3 Å². The number of nitro groups is 1. The van der Waals surface area contributed by atoms with Gasteiger partial charge >= 0.3 is 5.69 Å². The van der Waals surface area contributed by atoms with Gasteiger partial charge in [0.05, 0.1) is 11.1 Å². The molecule has 0 fully saturated rings. The second-order valence-electron chi connectivity index (χ2n) is 3.98. The molecule has 0 atom stereocenters. The van der Waals surface area contributed by atoms with E-state index in [9.17, 15) is 20.0 Å². The van der Waals surface area contributed by atoms with Crippen molar-refractivity contribution in [2.24, 2.45) is 5.10 Å². The van der Waals surface area contributed by atoms with Crippen molar-refractivity contribution in [3.05, 3.63) is 54.7 Å². The molecule has 21 heavy (non-hydrogen) atoms. The third kappa shape index (κ3) is 3.00. The van der Waals surface area contributed by atoms with Gasteiger partial charge in [0, 0.05) is 11.6 Å². The molecule has 0 unspecified atom stereocenters. The van der Waals surface area contributed by atoms with Crippen LogP contribution in [-0.2, 0) is 0 Å². The lowest BCUT2D eigenvalue weighted by molar-refractivity contribution is -0.385. The van der Waals surface area contributed by atoms with Crippen LogP contribution in [0, 0.1) is 21.8 Å². The highest BCUT2D eigenvalue weighted by Crippen LogP contribution is 2.25. The highest BCUT2D eigenvalue weighted by Gasteiger charge is 2.12. The molecule has 2 N–H and O–H groups in total. The minimum atomic E-state index is -0.721. The zero-order valence-electron chi connectivity index (χ0n) is 10.7. The van der Waals surface area contributed by atoms with E-state index >= 15 is 0 Å². The number of phenols is 1. The van der Waals surface area contributed by atoms with E-state index in [0.717, 1.165) is 10.7 Å². The third-order valence-corrected chi connectivity index (χ3v) is 2.80. The van der Waals surface area contributed by atoms with Gasteiger partial charge in [-0.1, -0.05) is 0 Å². The van der Waals surface area contributed by atoms with Crippen molar-refractivity contribution in [1.82, 2.24) is 14.9 Å². The summed E-state index contributed by atoms with van der Waals surface area (Å²) < 4.78 is 0.909. The average Bonchev–Trinajstić information content (AvgIpc) is 2.44. The maximum Gasteiger partial charge on any atom is 0.311 e. The van der Waals surface area contributed by atoms with Crippen molar-refractivity contribution in [2.75, 3.05) is 0 Å². The minimum Gasteiger partial charge on any atom is -0.502 e. The molecule has 2 rings (SSSR count). The van der Waals surface area contributed by atoms with Gasteiger partial charge in [0.1, 0.15) is 5.69 Å². The Kier molecular flexibility index (Phi) is 3.89. The monoisotopic (exact) mass is 307 g/mol. The Labute approximate surface area is 122 Å². The van der Waals surface area contributed by atoms with Crippen LogP contribution in [0.3, 0.4) is 0 Å². The number of aryl methyl sites for hydroxylation is 1. The topological polar surface area (TPSA) is 126 Å². The standard InChI is InChI=1S/C11H9N5O4S/c1-6-10(18)15(11(21)14-13-6)12-5-7-2-3-9(17)8(4-7)16(19)20/h2-5,17H,1H3,(H,14,21)/b12-5+. The number of aromatic nitrogens is 3. The van der Waals surface area contributed by atoms with Gasteiger partial charge in [0.2, 0.25) is 4.77 Å². The Morgan fingerprint density at radius 1 is 1.57 bits per heavy atom. The van der Waals surface area contributed by atoms with Crippen LogP contribution in [0.4, 0.5) is 5.69 Å². The fourth-order valence-corrected chi connectivity index (χ4v) is 1.64. The van der Waals surface area contributed by atoms with Crippen molar-refractivity contribution in [1.29, 1.82) is 0 Å². The quantitative estimate of drug-likeness (QED) is 0.378. The first-order valence-corrected chi connectivity index (χ1v) is 6.01. The number of rotatable bonds is 3. The van der Waals surface area contributed by atoms with Crippen molar-refractivity contribution >= 4 is 24.1 Å². The van der Waals surface area contributed by atoms with Crippen LogP contribution in [0.5, 0.6) is 5.75 Å². The fourth-order valence-electron chi connectivity index (χ4n) is 1.47. The van der Waals surface area contributed by atoms with Gasteiger partial charge in [0.25, 0.3) is 5.56 Å². The second kappa shape index (κ2) is 5.63. The summed E-state index contributed by atoms with van der Waals surface area (Å²) in [5.74, 6) is -0.452. The Hall–Kier alpha value is -2.88. The fraction of sp³-hybridized carbons (Fsp3) is 0.0909. The molecule has 2 aromatic rings. The van der Waals surface area contributed by atoms with E-state index < -0.39 is 21.9 Å². The van der Waals surface area contributed by atoms with Gasteiger partial charge in [-0.3, -0.25) is 20.0 Å². The molecule has 0 radical (unpaired) electrons. The molecule has 1 aromatic heterocycles. The van der Waals surface area contributed by atoms with Gasteiger partial charge < -0.3 is 5.11 Å². The Bertz CT molecular complexity index is 854. The number of nitro benzene ring substituents is 1. The second-order valence-corrected chi connectivity index (χ2v) is 4.37. The van der Waals surface area contributed by atoms with Crippen molar-refractivity contribution in [3.63, 3.8) is 0 Å². The zero-order valence-corrected chi connectivity index (χ0v) is 11.5. The first-order chi connectivity index (χ1) is 9.90. The average molecular weight is 307 g/mol. The lowest BCUT2D eigenvalue weighted by Gasteiger charge is -2.00. The van der Waals surface area contributed by atoms with Crippen molar-refractivity contribution < 1.29 is 10.0 Å². The summed E-state index contributed by atoms with van der Waals surface area (Å²) in [5, 5.41) is 30.1. The third-order valence-electron chi connectivity index (χ3n) is 2.53. The number of nitrogens with zero attached hydrogens (tertiary/aromatic N) is 4. The van der Waals surface area contributed by atoms with E-state index in [2.05, 4.69) is 15.3 Å². The Morgan fingerprint density at radius 3 is 2.95 bits per heavy atom. The number of H-pyrrole nitrogens is 1. The van der Waals surface area contributed by atoms with Crippen LogP contribution in [0.25, 0.3) is 0 Å². The van der Waals surface area contributed by atoms with Crippen LogP contribution in [0.15, 0.2) is 28.1 Å². The Balaban J connectivity index is 2.46. The lowest BCUT2D eigenvalue weighted by Crippen LogP contribution is -2.22. The summed E-state index contributed by atoms with van der Waals surface area (Å²) >= 11 is 4.89. The molecule has 0 bridgehead atoms. The normalized spacial score (nSPS) is 10.9. The molecular formula is C11H9N5O4S. The smallest absolute Gasteiger partial charge is 0.311 e. The molecule has 0 amide bonds. The maximum atomic E-state index is 11.8. The molecule has 0 saturated heterocycles. The van der Waals surface area contributed by atoms with Crippen LogP contribution in [0.1, 0.15) is 11.3 Å². The molecule has 10 heteroatoms. The highest BCUT2D eigenvalue weighted by atomic mass is 32.1. The molecule has 0 aliphatic rings. The van der Waals surface area contributed by atoms with E-state index in [1.807, 2.05) is 0 Å². The zero-order chi connectivity index (χ0) is 15.6. The van der Waals surface area contributed by atoms with Gasteiger partial charge in [-0.2, -0.15) is 14.9 Å². The van der Waals surface area contributed by atoms with E-state index in [1.165, 1.54) is 25.3 Å². The first-order valence-electron chi connectivity index (χ1n) is 5.60. The summed E-state index contributed by atoms with van der Waals surface area (Å²) in [4.78, 5) is 21.8. The molecule has 0 aliphatic heterocycles. The SMILES string of the molecule is Cc1n[nH]c(=S)n(/N=C/c2ccc(O)c([N+](=O)[O-])c2)c1=O. The number of benzene rings is 1. The van der Waals surface area contributed by atoms with E-state index in [1.54, 1.807) is 0 Å². The van der Waals surface area contributed by atoms with Crippen molar-refractivity contribution in [3.8, 4) is 5.75 Å². The maximum absolute atomic E-state index is 11.8. The van der Waals surface area contributed by atoms with E-state index in [4.69, 9.17) is 12.2 Å². The van der Waals surface area contributed by atoms with E-state index in [0.29, 0.717) is 5.56 Å². The number of phenolic OH excluding ortho intramolecular Hbond substituents is 1. The largest absolute Gasteiger partial charge is 0.502 e. The molecule has 9 nitrogen and oxygen atoms in total. The Morgan fingerprint density at radius 2 is 2.29 bits per heavy atom. The lowest BCUT2D eigenvalue weighted by atomic mass is 10.2. The molecule has 0 aliphatic carbocycles. The number of nitrogens with one attached hydrogen (secondary N) is 1. The molecule has 108 valence electrons. The molecule has 0 spiro atoms. The van der Waals surface area contributed by atoms with Crippen LogP contribution in [-0.4, -0.2) is 31.1 Å². The molecular weight excluding hydrogens is 298 g/mol. The van der Waals surface area contributed by atoms with Crippen molar-refractivity contribution in [2.45, 2.75) is 6.92 Å². The van der Waals surface area contributed by atoms with Crippen LogP contribution >= 0.6 is 12.2 Å². The molecule has 0 saturated carbocycles. The van der Waals surface area contributed by atoms with Crippen LogP contribution in [0.2, 0.25) is 0 Å². The summed E-state index contributed by atoms with van der Waals surface area (Å²) in [6.07, 6.45) is 1.22. The van der Waals surface area contributed by atoms with Gasteiger partial charge in [0.15, 0.2) is 5.75 Å². The van der Waals surface area contributed by atoms with Gasteiger partial charge in [-0.15, -0.1) is 0 Å². The van der Waals surface area contributed by atoms with Crippen LogP contribution < -0.4 is 5.56 Å². The summed E-state index contributed by atoms with van der Waals surface area (Å²) in [5.41, 5.74) is -0.446. The summed E-state index contributed by atoms with van der Waals surface area (Å²) in [6.45, 7) is 1.49. The van der Waals surface area contributed by atoms with Gasteiger partial charge in [-0.25, -0.2) is 0 Å². The number of hydrogen-bond acceptors (Lipinski definition) is 7. The highest BCUT2D eigenvalue weighted by molar-refractivity contribution is 7.71.